The van der Waals surface area contributed by atoms with E-state index < -0.39 is 0 Å². The number of rotatable bonds is 0. The molecule has 31 heavy (non-hydrogen) atoms. The minimum Gasteiger partial charge on any atom is -0.491 e. The Bertz CT molecular complexity index is 1240. The van der Waals surface area contributed by atoms with Gasteiger partial charge in [-0.1, -0.05) is 24.3 Å². The summed E-state index contributed by atoms with van der Waals surface area (Å²) in [7, 11) is 0. The number of anilines is 2. The van der Waals surface area contributed by atoms with Crippen molar-refractivity contribution >= 4 is 33.4 Å². The molecule has 0 atom stereocenters. The molecule has 0 saturated heterocycles. The number of nitrogens with one attached hydrogen (secondary N) is 1. The fraction of sp³-hybridized carbons (Fsp3) is 0.250. The molecule has 1 aliphatic rings. The van der Waals surface area contributed by atoms with Crippen LogP contribution in [0.4, 0.5) is 11.6 Å². The molecule has 7 heteroatoms. The van der Waals surface area contributed by atoms with E-state index in [2.05, 4.69) is 32.4 Å². The molecule has 156 valence electrons. The number of benzene rings is 2. The topological polar surface area (TPSA) is 82.1 Å². The third-order valence-electron chi connectivity index (χ3n) is 5.14. The SMILES string of the molecule is C1=C\CCOc2ncnc3ccc(cc23)Nc2ncc3cccc(c3n2)OCCCC/1. The van der Waals surface area contributed by atoms with E-state index in [1.165, 1.54) is 6.33 Å². The van der Waals surface area contributed by atoms with Crippen LogP contribution in [0.3, 0.4) is 0 Å². The fourth-order valence-corrected chi connectivity index (χ4v) is 3.57. The lowest BCUT2D eigenvalue weighted by Crippen LogP contribution is -2.01. The average molecular weight is 413 g/mol. The van der Waals surface area contributed by atoms with Crippen LogP contribution in [0.15, 0.2) is 61.1 Å². The maximum Gasteiger partial charge on any atom is 0.227 e. The number of fused-ring (bicyclic) bond motifs is 2. The summed E-state index contributed by atoms with van der Waals surface area (Å²) in [5.74, 6) is 1.86. The summed E-state index contributed by atoms with van der Waals surface area (Å²) >= 11 is 0. The first-order valence-electron chi connectivity index (χ1n) is 10.5. The van der Waals surface area contributed by atoms with Gasteiger partial charge in [-0.05, 0) is 49.9 Å². The van der Waals surface area contributed by atoms with Crippen molar-refractivity contribution < 1.29 is 9.47 Å². The molecule has 1 N–H and O–H groups in total. The molecule has 7 nitrogen and oxygen atoms in total. The molecule has 0 amide bonds. The quantitative estimate of drug-likeness (QED) is 0.397. The van der Waals surface area contributed by atoms with Gasteiger partial charge >= 0.3 is 0 Å². The molecule has 0 fully saturated rings. The van der Waals surface area contributed by atoms with Gasteiger partial charge in [0.1, 0.15) is 17.6 Å². The van der Waals surface area contributed by atoms with Crippen LogP contribution in [-0.4, -0.2) is 33.1 Å². The summed E-state index contributed by atoms with van der Waals surface area (Å²) in [4.78, 5) is 17.9. The second-order valence-electron chi connectivity index (χ2n) is 7.38. The Balaban J connectivity index is 1.53. The highest BCUT2D eigenvalue weighted by molar-refractivity contribution is 5.88. The molecule has 2 aromatic carbocycles. The number of nitrogens with zero attached hydrogens (tertiary/aromatic N) is 4. The summed E-state index contributed by atoms with van der Waals surface area (Å²) in [6.07, 6.45) is 11.6. The van der Waals surface area contributed by atoms with E-state index in [-0.39, 0.29) is 0 Å². The normalized spacial score (nSPS) is 16.0. The maximum atomic E-state index is 6.04. The van der Waals surface area contributed by atoms with E-state index in [4.69, 9.17) is 14.5 Å². The van der Waals surface area contributed by atoms with Crippen molar-refractivity contribution in [2.24, 2.45) is 0 Å². The van der Waals surface area contributed by atoms with Crippen molar-refractivity contribution in [3.63, 3.8) is 0 Å². The number of allylic oxidation sites excluding steroid dienone is 1. The molecule has 3 heterocycles. The molecule has 0 aliphatic carbocycles. The van der Waals surface area contributed by atoms with Crippen molar-refractivity contribution in [3.05, 3.63) is 61.1 Å². The lowest BCUT2D eigenvalue weighted by atomic mass is 10.2. The Kier molecular flexibility index (Phi) is 5.56. The van der Waals surface area contributed by atoms with Crippen LogP contribution in [-0.2, 0) is 0 Å². The van der Waals surface area contributed by atoms with Crippen LogP contribution in [0.2, 0.25) is 0 Å². The third-order valence-corrected chi connectivity index (χ3v) is 5.14. The summed E-state index contributed by atoms with van der Waals surface area (Å²) in [5.41, 5.74) is 2.46. The molecular weight excluding hydrogens is 390 g/mol. The first-order chi connectivity index (χ1) is 15.4. The second kappa shape index (κ2) is 8.95. The minimum atomic E-state index is 0.504. The Labute approximate surface area is 180 Å². The predicted molar refractivity (Wildman–Crippen MR) is 121 cm³/mol. The van der Waals surface area contributed by atoms with Crippen molar-refractivity contribution in [3.8, 4) is 11.6 Å². The zero-order valence-electron chi connectivity index (χ0n) is 17.1. The van der Waals surface area contributed by atoms with Gasteiger partial charge in [0.05, 0.1) is 24.1 Å². The molecule has 0 unspecified atom stereocenters. The zero-order valence-corrected chi connectivity index (χ0v) is 17.1. The molecule has 0 saturated carbocycles. The zero-order chi connectivity index (χ0) is 20.9. The smallest absolute Gasteiger partial charge is 0.227 e. The molecular formula is C24H23N5O2. The average Bonchev–Trinajstić information content (AvgIpc) is 2.80. The predicted octanol–water partition coefficient (Wildman–Crippen LogP) is 5.20. The number of ether oxygens (including phenoxy) is 2. The highest BCUT2D eigenvalue weighted by atomic mass is 16.5. The molecule has 0 spiro atoms. The van der Waals surface area contributed by atoms with E-state index >= 15 is 0 Å². The van der Waals surface area contributed by atoms with Gasteiger partial charge in [0, 0.05) is 17.3 Å². The summed E-state index contributed by atoms with van der Waals surface area (Å²) in [6, 6.07) is 11.8. The van der Waals surface area contributed by atoms with Crippen LogP contribution >= 0.6 is 0 Å². The standard InChI is InChI=1S/C24H23N5O2/c1-2-4-6-13-31-23-19-14-18(10-11-20(19)26-16-27-23)28-24-25-15-17-8-7-9-21(22(17)29-24)30-12-5-3-1/h2,4,7-11,14-16H,1,3,5-6,12-13H2,(H,25,28,29)/b4-2-. The monoisotopic (exact) mass is 413 g/mol. The molecule has 4 aromatic rings. The molecule has 2 aromatic heterocycles. The van der Waals surface area contributed by atoms with Crippen molar-refractivity contribution in [1.82, 2.24) is 19.9 Å². The minimum absolute atomic E-state index is 0.504. The van der Waals surface area contributed by atoms with Gasteiger partial charge < -0.3 is 14.8 Å². The maximum absolute atomic E-state index is 6.04. The lowest BCUT2D eigenvalue weighted by molar-refractivity contribution is 0.310. The Morgan fingerprint density at radius 1 is 0.871 bits per heavy atom. The van der Waals surface area contributed by atoms with E-state index in [1.807, 2.05) is 42.6 Å². The van der Waals surface area contributed by atoms with Gasteiger partial charge in [-0.2, -0.15) is 0 Å². The third kappa shape index (κ3) is 4.40. The van der Waals surface area contributed by atoms with E-state index in [0.29, 0.717) is 25.0 Å². The van der Waals surface area contributed by atoms with Crippen LogP contribution in [0, 0.1) is 0 Å². The Hall–Kier alpha value is -3.74. The van der Waals surface area contributed by atoms with Crippen molar-refractivity contribution in [2.45, 2.75) is 25.7 Å². The first-order valence-corrected chi connectivity index (χ1v) is 10.5. The van der Waals surface area contributed by atoms with E-state index in [9.17, 15) is 0 Å². The van der Waals surface area contributed by atoms with Gasteiger partial charge in [0.15, 0.2) is 0 Å². The van der Waals surface area contributed by atoms with Gasteiger partial charge in [0.2, 0.25) is 11.8 Å². The highest BCUT2D eigenvalue weighted by Gasteiger charge is 2.09. The number of para-hydroxylation sites is 1. The Morgan fingerprint density at radius 3 is 2.84 bits per heavy atom. The summed E-state index contributed by atoms with van der Waals surface area (Å²) < 4.78 is 12.0. The molecule has 0 radical (unpaired) electrons. The van der Waals surface area contributed by atoms with E-state index in [1.54, 1.807) is 0 Å². The van der Waals surface area contributed by atoms with Gasteiger partial charge in [-0.3, -0.25) is 0 Å². The van der Waals surface area contributed by atoms with Gasteiger partial charge in [0.25, 0.3) is 0 Å². The van der Waals surface area contributed by atoms with Crippen LogP contribution < -0.4 is 14.8 Å². The summed E-state index contributed by atoms with van der Waals surface area (Å²) in [6.45, 7) is 1.23. The molecule has 1 aliphatic heterocycles. The van der Waals surface area contributed by atoms with Crippen LogP contribution in [0.1, 0.15) is 25.7 Å². The second-order valence-corrected chi connectivity index (χ2v) is 7.38. The van der Waals surface area contributed by atoms with Gasteiger partial charge in [-0.25, -0.2) is 19.9 Å². The highest BCUT2D eigenvalue weighted by Crippen LogP contribution is 2.28. The first kappa shape index (κ1) is 19.2. The number of aromatic nitrogens is 4. The molecule has 5 rings (SSSR count). The Morgan fingerprint density at radius 2 is 1.84 bits per heavy atom. The van der Waals surface area contributed by atoms with Crippen LogP contribution in [0.25, 0.3) is 21.8 Å². The van der Waals surface area contributed by atoms with Crippen LogP contribution in [0.5, 0.6) is 11.6 Å². The summed E-state index contributed by atoms with van der Waals surface area (Å²) in [5, 5.41) is 5.08. The largest absolute Gasteiger partial charge is 0.491 e. The van der Waals surface area contributed by atoms with Crippen molar-refractivity contribution in [1.29, 1.82) is 0 Å². The van der Waals surface area contributed by atoms with Gasteiger partial charge in [-0.15, -0.1) is 0 Å². The van der Waals surface area contributed by atoms with E-state index in [0.717, 1.165) is 58.9 Å². The number of hydrogen-bond donors (Lipinski definition) is 1. The fourth-order valence-electron chi connectivity index (χ4n) is 3.57. The lowest BCUT2D eigenvalue weighted by Gasteiger charge is -2.11. The van der Waals surface area contributed by atoms with Crippen molar-refractivity contribution in [2.75, 3.05) is 18.5 Å². The number of hydrogen-bond acceptors (Lipinski definition) is 7. The molecule has 4 bridgehead atoms.